The van der Waals surface area contributed by atoms with Gasteiger partial charge in [-0.1, -0.05) is 133 Å². The van der Waals surface area contributed by atoms with Crippen molar-refractivity contribution in [3.05, 3.63) is 236 Å². The Morgan fingerprint density at radius 3 is 1.72 bits per heavy atom. The minimum atomic E-state index is 0.817. The van der Waals surface area contributed by atoms with Crippen LogP contribution in [0.25, 0.3) is 60.8 Å². The van der Waals surface area contributed by atoms with Crippen molar-refractivity contribution in [3.8, 4) is 27.9 Å². The Morgan fingerprint density at radius 2 is 0.967 bits per heavy atom. The summed E-state index contributed by atoms with van der Waals surface area (Å²) in [5.41, 5.74) is 16.9. The van der Waals surface area contributed by atoms with Crippen molar-refractivity contribution in [2.24, 2.45) is 0 Å². The van der Waals surface area contributed by atoms with E-state index in [9.17, 15) is 0 Å². The van der Waals surface area contributed by atoms with Gasteiger partial charge in [-0.15, -0.1) is 0 Å². The van der Waals surface area contributed by atoms with Crippen molar-refractivity contribution < 1.29 is 4.42 Å². The molecular formula is C57H39N3O. The van der Waals surface area contributed by atoms with Gasteiger partial charge in [0, 0.05) is 62.6 Å². The highest BCUT2D eigenvalue weighted by atomic mass is 16.3. The Labute approximate surface area is 354 Å². The Balaban J connectivity index is 1.00. The summed E-state index contributed by atoms with van der Waals surface area (Å²) in [6.45, 7) is 0. The van der Waals surface area contributed by atoms with Crippen LogP contribution in [0.2, 0.25) is 0 Å². The molecule has 61 heavy (non-hydrogen) atoms. The maximum absolute atomic E-state index is 6.44. The van der Waals surface area contributed by atoms with Crippen LogP contribution in [0.15, 0.2) is 229 Å². The first-order valence-electron chi connectivity index (χ1n) is 20.9. The molecule has 11 aromatic rings. The molecule has 0 atom stereocenters. The van der Waals surface area contributed by atoms with Crippen molar-refractivity contribution in [2.45, 2.75) is 6.42 Å². The summed E-state index contributed by atoms with van der Waals surface area (Å²) in [5, 5.41) is 3.51. The monoisotopic (exact) mass is 781 g/mol. The van der Waals surface area contributed by atoms with Gasteiger partial charge in [0.15, 0.2) is 0 Å². The summed E-state index contributed by atoms with van der Waals surface area (Å²) in [6.07, 6.45) is 0.817. The van der Waals surface area contributed by atoms with Crippen LogP contribution in [0, 0.1) is 0 Å². The molecule has 12 rings (SSSR count). The smallest absolute Gasteiger partial charge is 0.137 e. The molecule has 0 unspecified atom stereocenters. The minimum Gasteiger partial charge on any atom is -0.456 e. The first kappa shape index (κ1) is 34.9. The molecule has 3 heterocycles. The average Bonchev–Trinajstić information content (AvgIpc) is 3.87. The zero-order valence-electron chi connectivity index (χ0n) is 33.3. The van der Waals surface area contributed by atoms with E-state index in [1.807, 2.05) is 12.1 Å². The molecule has 4 nitrogen and oxygen atoms in total. The predicted octanol–water partition coefficient (Wildman–Crippen LogP) is 15.7. The highest BCUT2D eigenvalue weighted by Crippen LogP contribution is 2.50. The van der Waals surface area contributed by atoms with Gasteiger partial charge in [-0.25, -0.2) is 0 Å². The molecule has 1 aliphatic rings. The average molecular weight is 782 g/mol. The summed E-state index contributed by atoms with van der Waals surface area (Å²) in [4.78, 5) is 4.81. The second kappa shape index (κ2) is 14.3. The van der Waals surface area contributed by atoms with Gasteiger partial charge in [-0.05, 0) is 113 Å². The van der Waals surface area contributed by atoms with Crippen molar-refractivity contribution in [1.82, 2.24) is 4.57 Å². The number of hydrogen-bond acceptors (Lipinski definition) is 3. The van der Waals surface area contributed by atoms with E-state index >= 15 is 0 Å². The van der Waals surface area contributed by atoms with Crippen LogP contribution in [-0.4, -0.2) is 4.57 Å². The van der Waals surface area contributed by atoms with Crippen molar-refractivity contribution >= 4 is 67.1 Å². The van der Waals surface area contributed by atoms with Gasteiger partial charge in [0.1, 0.15) is 17.0 Å². The lowest BCUT2D eigenvalue weighted by Crippen LogP contribution is -2.20. The summed E-state index contributed by atoms with van der Waals surface area (Å²) < 4.78 is 8.87. The van der Waals surface area contributed by atoms with E-state index in [1.54, 1.807) is 0 Å². The lowest BCUT2D eigenvalue weighted by Gasteiger charge is -2.34. The second-order valence-electron chi connectivity index (χ2n) is 15.8. The molecule has 288 valence electrons. The largest absolute Gasteiger partial charge is 0.456 e. The normalized spacial score (nSPS) is 12.2. The zero-order chi connectivity index (χ0) is 40.3. The van der Waals surface area contributed by atoms with Gasteiger partial charge in [0.2, 0.25) is 0 Å². The molecule has 1 aliphatic heterocycles. The maximum Gasteiger partial charge on any atom is 0.137 e. The van der Waals surface area contributed by atoms with E-state index in [0.717, 1.165) is 67.9 Å². The number of rotatable bonds is 7. The van der Waals surface area contributed by atoms with Gasteiger partial charge >= 0.3 is 0 Å². The van der Waals surface area contributed by atoms with Gasteiger partial charge in [0.05, 0.1) is 11.2 Å². The quantitative estimate of drug-likeness (QED) is 0.161. The number of nitrogens with zero attached hydrogens (tertiary/aromatic N) is 3. The molecule has 4 heteroatoms. The second-order valence-corrected chi connectivity index (χ2v) is 15.8. The molecule has 2 aromatic heterocycles. The maximum atomic E-state index is 6.44. The first-order valence-corrected chi connectivity index (χ1v) is 20.9. The number of furan rings is 1. The number of anilines is 6. The van der Waals surface area contributed by atoms with Crippen LogP contribution < -0.4 is 9.80 Å². The van der Waals surface area contributed by atoms with Crippen LogP contribution in [0.3, 0.4) is 0 Å². The summed E-state index contributed by atoms with van der Waals surface area (Å²) in [5.74, 6) is 1.19. The number of fused-ring (bicyclic) bond motifs is 7. The number of para-hydroxylation sites is 4. The third-order valence-corrected chi connectivity index (χ3v) is 12.1. The molecule has 0 spiro atoms. The topological polar surface area (TPSA) is 24.6 Å². The lowest BCUT2D eigenvalue weighted by atomic mass is 9.93. The highest BCUT2D eigenvalue weighted by Gasteiger charge is 2.31. The molecule has 0 fully saturated rings. The van der Waals surface area contributed by atoms with Crippen LogP contribution in [0.5, 0.6) is 0 Å². The first-order chi connectivity index (χ1) is 30.2. The number of aromatic nitrogens is 1. The molecule has 0 amide bonds. The Kier molecular flexibility index (Phi) is 8.20. The van der Waals surface area contributed by atoms with Crippen LogP contribution in [0.4, 0.5) is 34.3 Å². The van der Waals surface area contributed by atoms with Crippen molar-refractivity contribution in [3.63, 3.8) is 0 Å². The fourth-order valence-corrected chi connectivity index (χ4v) is 9.39. The summed E-state index contributed by atoms with van der Waals surface area (Å²) in [6, 6.07) is 80.6. The van der Waals surface area contributed by atoms with E-state index in [-0.39, 0.29) is 0 Å². The van der Waals surface area contributed by atoms with Crippen LogP contribution >= 0.6 is 0 Å². The molecule has 0 aliphatic carbocycles. The van der Waals surface area contributed by atoms with E-state index in [2.05, 4.69) is 227 Å². The van der Waals surface area contributed by atoms with Crippen molar-refractivity contribution in [1.29, 1.82) is 0 Å². The highest BCUT2D eigenvalue weighted by molar-refractivity contribution is 6.06. The van der Waals surface area contributed by atoms with Gasteiger partial charge in [-0.2, -0.15) is 0 Å². The lowest BCUT2D eigenvalue weighted by molar-refractivity contribution is 0.669. The minimum absolute atomic E-state index is 0.817. The molecule has 0 N–H and O–H groups in total. The van der Waals surface area contributed by atoms with E-state index in [0.29, 0.717) is 0 Å². The molecule has 9 aromatic carbocycles. The fourth-order valence-electron chi connectivity index (χ4n) is 9.39. The molecule has 0 saturated carbocycles. The Bertz CT molecular complexity index is 3400. The van der Waals surface area contributed by atoms with Gasteiger partial charge in [0.25, 0.3) is 0 Å². The number of hydrogen-bond donors (Lipinski definition) is 0. The third-order valence-electron chi connectivity index (χ3n) is 12.1. The number of benzene rings is 9. The Morgan fingerprint density at radius 1 is 0.393 bits per heavy atom. The van der Waals surface area contributed by atoms with Crippen molar-refractivity contribution in [2.75, 3.05) is 9.80 Å². The standard InChI is InChI=1S/C57H39N3O/c1-4-16-39(17-5-1)40-18-14-24-46(35-40)58(48-31-32-51-50-27-11-13-29-55(50)61-56(51)38-48)47-25-15-19-41(36-47)42-30-33-53-43(34-42)37-52-49-26-10-12-28-54(49)60(45-22-8-3-9-23-45)57(52)59(53)44-20-6-2-7-21-44/h1-36,38H,37H2. The summed E-state index contributed by atoms with van der Waals surface area (Å²) >= 11 is 0. The van der Waals surface area contributed by atoms with E-state index in [4.69, 9.17) is 4.42 Å². The molecule has 0 radical (unpaired) electrons. The Hall–Kier alpha value is -8.08. The molecular weight excluding hydrogens is 743 g/mol. The van der Waals surface area contributed by atoms with Crippen LogP contribution in [-0.2, 0) is 6.42 Å². The zero-order valence-corrected chi connectivity index (χ0v) is 33.3. The third kappa shape index (κ3) is 5.91. The molecule has 0 saturated heterocycles. The van der Waals surface area contributed by atoms with Gasteiger partial charge in [-0.3, -0.25) is 9.47 Å². The van der Waals surface area contributed by atoms with E-state index in [1.165, 1.54) is 44.7 Å². The predicted molar refractivity (Wildman–Crippen MR) is 254 cm³/mol. The van der Waals surface area contributed by atoms with Crippen LogP contribution in [0.1, 0.15) is 11.1 Å². The molecule has 0 bridgehead atoms. The fraction of sp³-hybridized carbons (Fsp3) is 0.0175. The van der Waals surface area contributed by atoms with Gasteiger partial charge < -0.3 is 9.32 Å². The summed E-state index contributed by atoms with van der Waals surface area (Å²) in [7, 11) is 0. The SMILES string of the molecule is c1ccc(-c2cccc(N(c3cccc(-c4ccc5c(c4)Cc4c(n(-c6ccccc6)c6ccccc46)N5c4ccccc4)c3)c3ccc4c(c3)oc3ccccc34)c2)cc1. The van der Waals surface area contributed by atoms with E-state index < -0.39 is 0 Å².